The smallest absolute Gasteiger partial charge is 0.190 e. The summed E-state index contributed by atoms with van der Waals surface area (Å²) in [5.74, 6) is -1.58. The zero-order valence-corrected chi connectivity index (χ0v) is 12.8. The molecule has 2 rings (SSSR count). The Bertz CT molecular complexity index is 534. The molecule has 0 saturated heterocycles. The molecule has 0 saturated carbocycles. The number of nitrogens with one attached hydrogen (secondary N) is 1. The van der Waals surface area contributed by atoms with Crippen molar-refractivity contribution >= 4 is 11.3 Å². The fourth-order valence-electron chi connectivity index (χ4n) is 1.97. The van der Waals surface area contributed by atoms with Gasteiger partial charge in [-0.3, -0.25) is 0 Å². The third kappa shape index (κ3) is 4.79. The molecule has 0 aliphatic heterocycles. The van der Waals surface area contributed by atoms with Gasteiger partial charge < -0.3 is 10.1 Å². The van der Waals surface area contributed by atoms with E-state index in [0.29, 0.717) is 18.5 Å². The van der Waals surface area contributed by atoms with Gasteiger partial charge in [-0.1, -0.05) is 6.92 Å². The van der Waals surface area contributed by atoms with E-state index in [9.17, 15) is 8.78 Å². The average Bonchev–Trinajstić information content (AvgIpc) is 2.95. The van der Waals surface area contributed by atoms with Gasteiger partial charge in [0.25, 0.3) is 0 Å². The first kappa shape index (κ1) is 15.9. The van der Waals surface area contributed by atoms with E-state index < -0.39 is 11.6 Å². The topological polar surface area (TPSA) is 21.3 Å². The Balaban J connectivity index is 1.93. The number of ether oxygens (including phenoxy) is 1. The lowest BCUT2D eigenvalue weighted by molar-refractivity contribution is 0.288. The van der Waals surface area contributed by atoms with Crippen LogP contribution < -0.4 is 10.1 Å². The lowest BCUT2D eigenvalue weighted by Gasteiger charge is -2.10. The van der Waals surface area contributed by atoms with Crippen molar-refractivity contribution in [2.24, 2.45) is 0 Å². The van der Waals surface area contributed by atoms with Crippen molar-refractivity contribution in [1.82, 2.24) is 5.32 Å². The van der Waals surface area contributed by atoms with Gasteiger partial charge in [0.15, 0.2) is 17.4 Å². The van der Waals surface area contributed by atoms with Crippen LogP contribution in [0.4, 0.5) is 8.78 Å². The highest BCUT2D eigenvalue weighted by Crippen LogP contribution is 2.23. The molecule has 1 aromatic carbocycles. The second kappa shape index (κ2) is 8.10. The first-order chi connectivity index (χ1) is 10.2. The van der Waals surface area contributed by atoms with Gasteiger partial charge in [-0.15, -0.1) is 0 Å². The summed E-state index contributed by atoms with van der Waals surface area (Å²) in [5, 5.41) is 7.08. The molecule has 21 heavy (non-hydrogen) atoms. The predicted octanol–water partition coefficient (Wildman–Crippen LogP) is 4.15. The highest BCUT2D eigenvalue weighted by Gasteiger charge is 2.12. The summed E-state index contributed by atoms with van der Waals surface area (Å²) in [6.07, 6.45) is 1.62. The number of benzene rings is 1. The lowest BCUT2D eigenvalue weighted by atomic mass is 10.2. The van der Waals surface area contributed by atoms with Gasteiger partial charge in [0.2, 0.25) is 0 Å². The summed E-state index contributed by atoms with van der Waals surface area (Å²) in [6, 6.07) is 4.63. The highest BCUT2D eigenvalue weighted by molar-refractivity contribution is 7.07. The maximum atomic E-state index is 13.9. The van der Waals surface area contributed by atoms with Gasteiger partial charge in [-0.05, 0) is 53.1 Å². The minimum absolute atomic E-state index is 0.262. The molecule has 0 radical (unpaired) electrons. The molecule has 0 atom stereocenters. The van der Waals surface area contributed by atoms with Crippen LogP contribution in [-0.2, 0) is 13.0 Å². The summed E-state index contributed by atoms with van der Waals surface area (Å²) >= 11 is 1.59. The molecule has 2 nitrogen and oxygen atoms in total. The first-order valence-electron chi connectivity index (χ1n) is 7.03. The summed E-state index contributed by atoms with van der Waals surface area (Å²) in [6.45, 7) is 3.58. The van der Waals surface area contributed by atoms with Crippen LogP contribution in [0.15, 0.2) is 29.0 Å². The Morgan fingerprint density at radius 2 is 1.95 bits per heavy atom. The van der Waals surface area contributed by atoms with Crippen LogP contribution in [0.5, 0.6) is 5.75 Å². The van der Waals surface area contributed by atoms with E-state index in [-0.39, 0.29) is 12.4 Å². The van der Waals surface area contributed by atoms with Crippen molar-refractivity contribution in [3.63, 3.8) is 0 Å². The van der Waals surface area contributed by atoms with E-state index in [1.165, 1.54) is 12.1 Å². The first-order valence-corrected chi connectivity index (χ1v) is 7.97. The quantitative estimate of drug-likeness (QED) is 0.740. The number of hydrogen-bond acceptors (Lipinski definition) is 3. The van der Waals surface area contributed by atoms with E-state index in [2.05, 4.69) is 5.32 Å². The normalized spacial score (nSPS) is 10.8. The molecule has 114 valence electrons. The molecule has 0 spiro atoms. The molecule has 1 heterocycles. The third-order valence-corrected chi connectivity index (χ3v) is 3.76. The van der Waals surface area contributed by atoms with Crippen LogP contribution in [0.2, 0.25) is 0 Å². The summed E-state index contributed by atoms with van der Waals surface area (Å²) in [5.41, 5.74) is 1.70. The van der Waals surface area contributed by atoms with Gasteiger partial charge in [-0.25, -0.2) is 8.78 Å². The zero-order valence-electron chi connectivity index (χ0n) is 12.0. The molecule has 0 unspecified atom stereocenters. The predicted molar refractivity (Wildman–Crippen MR) is 81.9 cm³/mol. The van der Waals surface area contributed by atoms with Gasteiger partial charge in [-0.2, -0.15) is 11.3 Å². The molecule has 2 aromatic rings. The number of thiophene rings is 1. The van der Waals surface area contributed by atoms with Crippen molar-refractivity contribution in [2.45, 2.75) is 26.3 Å². The molecule has 0 amide bonds. The van der Waals surface area contributed by atoms with Gasteiger partial charge >= 0.3 is 0 Å². The minimum atomic E-state index is -0.645. The molecule has 5 heteroatoms. The van der Waals surface area contributed by atoms with Crippen molar-refractivity contribution in [1.29, 1.82) is 0 Å². The minimum Gasteiger partial charge on any atom is -0.487 e. The molecule has 0 bridgehead atoms. The highest BCUT2D eigenvalue weighted by atomic mass is 32.1. The van der Waals surface area contributed by atoms with E-state index in [0.717, 1.165) is 18.5 Å². The molecule has 0 aliphatic carbocycles. The largest absolute Gasteiger partial charge is 0.487 e. The van der Waals surface area contributed by atoms with Crippen LogP contribution in [0, 0.1) is 11.6 Å². The van der Waals surface area contributed by atoms with E-state index >= 15 is 0 Å². The van der Waals surface area contributed by atoms with E-state index in [4.69, 9.17) is 4.74 Å². The summed E-state index contributed by atoms with van der Waals surface area (Å²) < 4.78 is 33.0. The monoisotopic (exact) mass is 311 g/mol. The van der Waals surface area contributed by atoms with Crippen LogP contribution in [-0.4, -0.2) is 13.2 Å². The standard InChI is InChI=1S/C16H19F2NOS/c1-2-5-19-10-13-8-14(17)16(15(18)9-13)20-6-3-12-4-7-21-11-12/h4,7-9,11,19H,2-3,5-6,10H2,1H3. The third-order valence-electron chi connectivity index (χ3n) is 3.03. The molecule has 1 N–H and O–H groups in total. The van der Waals surface area contributed by atoms with Crippen LogP contribution >= 0.6 is 11.3 Å². The van der Waals surface area contributed by atoms with Crippen molar-refractivity contribution in [3.8, 4) is 5.75 Å². The van der Waals surface area contributed by atoms with Crippen molar-refractivity contribution < 1.29 is 13.5 Å². The molecule has 0 fully saturated rings. The van der Waals surface area contributed by atoms with Gasteiger partial charge in [0.1, 0.15) is 0 Å². The van der Waals surface area contributed by atoms with Crippen molar-refractivity contribution in [2.75, 3.05) is 13.2 Å². The second-order valence-corrected chi connectivity index (χ2v) is 5.58. The Labute approximate surface area is 127 Å². The number of rotatable bonds is 8. The number of halogens is 2. The molecule has 1 aromatic heterocycles. The maximum absolute atomic E-state index is 13.9. The Kier molecular flexibility index (Phi) is 6.14. The fourth-order valence-corrected chi connectivity index (χ4v) is 2.67. The Morgan fingerprint density at radius 1 is 1.19 bits per heavy atom. The van der Waals surface area contributed by atoms with Crippen LogP contribution in [0.1, 0.15) is 24.5 Å². The maximum Gasteiger partial charge on any atom is 0.190 e. The Hall–Kier alpha value is -1.46. The summed E-state index contributed by atoms with van der Waals surface area (Å²) in [4.78, 5) is 0. The van der Waals surface area contributed by atoms with Gasteiger partial charge in [0.05, 0.1) is 6.61 Å². The van der Waals surface area contributed by atoms with Crippen LogP contribution in [0.3, 0.4) is 0 Å². The van der Waals surface area contributed by atoms with Crippen LogP contribution in [0.25, 0.3) is 0 Å². The van der Waals surface area contributed by atoms with E-state index in [1.807, 2.05) is 23.8 Å². The lowest BCUT2D eigenvalue weighted by Crippen LogP contribution is -2.14. The summed E-state index contributed by atoms with van der Waals surface area (Å²) in [7, 11) is 0. The Morgan fingerprint density at radius 3 is 2.57 bits per heavy atom. The fraction of sp³-hybridized carbons (Fsp3) is 0.375. The molecular formula is C16H19F2NOS. The van der Waals surface area contributed by atoms with Crippen molar-refractivity contribution in [3.05, 3.63) is 51.7 Å². The SMILES string of the molecule is CCCNCc1cc(F)c(OCCc2ccsc2)c(F)c1. The second-order valence-electron chi connectivity index (χ2n) is 4.80. The average molecular weight is 311 g/mol. The molecular weight excluding hydrogens is 292 g/mol. The van der Waals surface area contributed by atoms with E-state index in [1.54, 1.807) is 11.3 Å². The van der Waals surface area contributed by atoms with Gasteiger partial charge in [0, 0.05) is 13.0 Å². The number of hydrogen-bond donors (Lipinski definition) is 1. The zero-order chi connectivity index (χ0) is 15.1. The molecule has 0 aliphatic rings.